The number of carbonyl (C=O) groups excluding carboxylic acids is 2. The minimum Gasteiger partial charge on any atom is -0.444 e. The van der Waals surface area contributed by atoms with E-state index in [4.69, 9.17) is 4.74 Å². The Labute approximate surface area is 141 Å². The molecule has 2 fully saturated rings. The van der Waals surface area contributed by atoms with E-state index in [2.05, 4.69) is 5.32 Å². The van der Waals surface area contributed by atoms with Gasteiger partial charge in [0.25, 0.3) is 5.91 Å². The van der Waals surface area contributed by atoms with Crippen LogP contribution in [0.4, 0.5) is 4.79 Å². The number of thiophene rings is 1. The van der Waals surface area contributed by atoms with E-state index in [1.165, 1.54) is 11.3 Å². The number of rotatable bonds is 2. The van der Waals surface area contributed by atoms with Crippen molar-refractivity contribution >= 4 is 23.3 Å². The van der Waals surface area contributed by atoms with Gasteiger partial charge in [-0.1, -0.05) is 6.07 Å². The lowest BCUT2D eigenvalue weighted by molar-refractivity contribution is 0.0491. The zero-order valence-electron chi connectivity index (χ0n) is 13.9. The number of hydrogen-bond acceptors (Lipinski definition) is 4. The van der Waals surface area contributed by atoms with Gasteiger partial charge in [0, 0.05) is 25.0 Å². The fraction of sp³-hybridized carbons (Fsp3) is 0.647. The van der Waals surface area contributed by atoms with E-state index in [1.807, 2.05) is 43.2 Å². The van der Waals surface area contributed by atoms with Crippen molar-refractivity contribution in [1.29, 1.82) is 0 Å². The molecule has 6 heteroatoms. The number of likely N-dealkylation sites (tertiary alicyclic amines) is 1. The summed E-state index contributed by atoms with van der Waals surface area (Å²) in [4.78, 5) is 27.2. The second kappa shape index (κ2) is 6.15. The molecule has 1 aliphatic heterocycles. The van der Waals surface area contributed by atoms with Crippen LogP contribution in [-0.4, -0.2) is 41.6 Å². The highest BCUT2D eigenvalue weighted by atomic mass is 32.1. The second-order valence-corrected chi connectivity index (χ2v) is 8.39. The summed E-state index contributed by atoms with van der Waals surface area (Å²) >= 11 is 1.48. The SMILES string of the molecule is CC(C)(C)OC(=O)N[C@@H]1CC[C@H]2CN(C(=O)c3cccs3)C[C@H]21. The summed E-state index contributed by atoms with van der Waals surface area (Å²) in [6.07, 6.45) is 1.67. The van der Waals surface area contributed by atoms with Crippen molar-refractivity contribution in [1.82, 2.24) is 10.2 Å². The second-order valence-electron chi connectivity index (χ2n) is 7.44. The molecule has 23 heavy (non-hydrogen) atoms. The van der Waals surface area contributed by atoms with Gasteiger partial charge in [-0.15, -0.1) is 11.3 Å². The number of nitrogens with zero attached hydrogens (tertiary/aromatic N) is 1. The lowest BCUT2D eigenvalue weighted by atomic mass is 9.98. The fourth-order valence-electron chi connectivity index (χ4n) is 3.63. The summed E-state index contributed by atoms with van der Waals surface area (Å²) in [6, 6.07) is 3.88. The molecule has 0 aromatic carbocycles. The monoisotopic (exact) mass is 336 g/mol. The van der Waals surface area contributed by atoms with Gasteiger partial charge in [0.15, 0.2) is 0 Å². The van der Waals surface area contributed by atoms with Crippen LogP contribution in [0.5, 0.6) is 0 Å². The molecule has 0 unspecified atom stereocenters. The molecule has 1 aromatic rings. The summed E-state index contributed by atoms with van der Waals surface area (Å²) < 4.78 is 5.35. The highest BCUT2D eigenvalue weighted by molar-refractivity contribution is 7.12. The first-order chi connectivity index (χ1) is 10.8. The Hall–Kier alpha value is -1.56. The lowest BCUT2D eigenvalue weighted by Gasteiger charge is -2.24. The molecule has 5 nitrogen and oxygen atoms in total. The van der Waals surface area contributed by atoms with Crippen LogP contribution >= 0.6 is 11.3 Å². The fourth-order valence-corrected chi connectivity index (χ4v) is 4.32. The van der Waals surface area contributed by atoms with Gasteiger partial charge < -0.3 is 15.0 Å². The highest BCUT2D eigenvalue weighted by Crippen LogP contribution is 2.39. The van der Waals surface area contributed by atoms with Gasteiger partial charge in [-0.3, -0.25) is 4.79 Å². The van der Waals surface area contributed by atoms with E-state index in [0.29, 0.717) is 11.8 Å². The third-order valence-electron chi connectivity index (χ3n) is 4.58. The number of alkyl carbamates (subject to hydrolysis) is 1. The van der Waals surface area contributed by atoms with Crippen molar-refractivity contribution in [2.24, 2.45) is 11.8 Å². The average Bonchev–Trinajstić information content (AvgIpc) is 3.13. The molecule has 1 aliphatic carbocycles. The zero-order chi connectivity index (χ0) is 16.6. The molecule has 3 atom stereocenters. The first kappa shape index (κ1) is 16.3. The average molecular weight is 336 g/mol. The number of hydrogen-bond donors (Lipinski definition) is 1. The maximum atomic E-state index is 12.5. The number of fused-ring (bicyclic) bond motifs is 1. The smallest absolute Gasteiger partial charge is 0.407 e. The Kier molecular flexibility index (Phi) is 4.36. The number of amides is 2. The molecule has 0 spiro atoms. The van der Waals surface area contributed by atoms with Crippen LogP contribution in [0.2, 0.25) is 0 Å². The van der Waals surface area contributed by atoms with E-state index >= 15 is 0 Å². The van der Waals surface area contributed by atoms with Gasteiger partial charge in [0.2, 0.25) is 0 Å². The third-order valence-corrected chi connectivity index (χ3v) is 5.44. The quantitative estimate of drug-likeness (QED) is 0.903. The normalized spacial score (nSPS) is 26.9. The Balaban J connectivity index is 1.59. The molecule has 1 saturated carbocycles. The molecule has 0 radical (unpaired) electrons. The number of ether oxygens (including phenoxy) is 1. The zero-order valence-corrected chi connectivity index (χ0v) is 14.7. The van der Waals surface area contributed by atoms with Crippen LogP contribution in [-0.2, 0) is 4.74 Å². The van der Waals surface area contributed by atoms with Crippen LogP contribution in [0, 0.1) is 11.8 Å². The summed E-state index contributed by atoms with van der Waals surface area (Å²) in [7, 11) is 0. The first-order valence-corrected chi connectivity index (χ1v) is 9.04. The summed E-state index contributed by atoms with van der Waals surface area (Å²) in [5.41, 5.74) is -0.487. The van der Waals surface area contributed by atoms with Gasteiger partial charge in [0.05, 0.1) is 4.88 Å². The molecule has 1 aromatic heterocycles. The van der Waals surface area contributed by atoms with Crippen LogP contribution < -0.4 is 5.32 Å². The van der Waals surface area contributed by atoms with Gasteiger partial charge in [-0.05, 0) is 51.0 Å². The molecule has 2 aliphatic rings. The van der Waals surface area contributed by atoms with Gasteiger partial charge in [-0.25, -0.2) is 4.79 Å². The molecule has 1 saturated heterocycles. The van der Waals surface area contributed by atoms with Crippen LogP contribution in [0.1, 0.15) is 43.3 Å². The van der Waals surface area contributed by atoms with E-state index in [0.717, 1.165) is 30.8 Å². The van der Waals surface area contributed by atoms with E-state index < -0.39 is 5.60 Å². The summed E-state index contributed by atoms with van der Waals surface area (Å²) in [6.45, 7) is 7.11. The Bertz CT molecular complexity index is 579. The predicted octanol–water partition coefficient (Wildman–Crippen LogP) is 3.12. The Morgan fingerprint density at radius 1 is 1.30 bits per heavy atom. The molecule has 2 amide bonds. The van der Waals surface area contributed by atoms with Gasteiger partial charge >= 0.3 is 6.09 Å². The predicted molar refractivity (Wildman–Crippen MR) is 89.6 cm³/mol. The van der Waals surface area contributed by atoms with E-state index in [1.54, 1.807) is 0 Å². The number of carbonyl (C=O) groups is 2. The maximum Gasteiger partial charge on any atom is 0.407 e. The molecule has 3 rings (SSSR count). The molecule has 2 heterocycles. The molecule has 1 N–H and O–H groups in total. The topological polar surface area (TPSA) is 58.6 Å². The molecule has 126 valence electrons. The van der Waals surface area contributed by atoms with Crippen LogP contribution in [0.3, 0.4) is 0 Å². The van der Waals surface area contributed by atoms with Crippen LogP contribution in [0.25, 0.3) is 0 Å². The Morgan fingerprint density at radius 2 is 2.09 bits per heavy atom. The largest absolute Gasteiger partial charge is 0.444 e. The van der Waals surface area contributed by atoms with E-state index in [9.17, 15) is 9.59 Å². The van der Waals surface area contributed by atoms with Crippen molar-refractivity contribution in [2.45, 2.75) is 45.3 Å². The standard InChI is InChI=1S/C17H24N2O3S/c1-17(2,3)22-16(21)18-13-7-6-11-9-19(10-12(11)13)15(20)14-5-4-8-23-14/h4-5,8,11-13H,6-7,9-10H2,1-3H3,(H,18,21)/t11-,12+,13+/m0/s1. The highest BCUT2D eigenvalue weighted by Gasteiger charge is 2.45. The first-order valence-electron chi connectivity index (χ1n) is 8.16. The molecular weight excluding hydrogens is 312 g/mol. The van der Waals surface area contributed by atoms with Crippen molar-refractivity contribution in [3.05, 3.63) is 22.4 Å². The minimum atomic E-state index is -0.487. The summed E-state index contributed by atoms with van der Waals surface area (Å²) in [5.74, 6) is 0.940. The minimum absolute atomic E-state index is 0.107. The third kappa shape index (κ3) is 3.68. The number of nitrogens with one attached hydrogen (secondary N) is 1. The van der Waals surface area contributed by atoms with Crippen molar-refractivity contribution in [2.75, 3.05) is 13.1 Å². The maximum absolute atomic E-state index is 12.5. The van der Waals surface area contributed by atoms with Gasteiger partial charge in [-0.2, -0.15) is 0 Å². The summed E-state index contributed by atoms with van der Waals surface area (Å²) in [5, 5.41) is 4.93. The van der Waals surface area contributed by atoms with Crippen molar-refractivity contribution < 1.29 is 14.3 Å². The molecule has 0 bridgehead atoms. The van der Waals surface area contributed by atoms with E-state index in [-0.39, 0.29) is 18.0 Å². The van der Waals surface area contributed by atoms with Gasteiger partial charge in [0.1, 0.15) is 5.60 Å². The Morgan fingerprint density at radius 3 is 2.74 bits per heavy atom. The lowest BCUT2D eigenvalue weighted by Crippen LogP contribution is -2.42. The molecular formula is C17H24N2O3S. The van der Waals surface area contributed by atoms with Crippen molar-refractivity contribution in [3.63, 3.8) is 0 Å². The van der Waals surface area contributed by atoms with Crippen molar-refractivity contribution in [3.8, 4) is 0 Å². The van der Waals surface area contributed by atoms with Crippen LogP contribution in [0.15, 0.2) is 17.5 Å².